The molecule has 3 aromatic rings. The molecule has 82 valence electrons. The fraction of sp³-hybridized carbons (Fsp3) is 0. The molecule has 0 saturated carbocycles. The fourth-order valence-corrected chi connectivity index (χ4v) is 2.17. The molecule has 0 aliphatic rings. The second kappa shape index (κ2) is 3.59. The SMILES string of the molecule is Nc1ccc2cc3cccc(C=O)c3cc2c1. The van der Waals surface area contributed by atoms with Crippen molar-refractivity contribution < 1.29 is 4.79 Å². The van der Waals surface area contributed by atoms with Gasteiger partial charge in [0.05, 0.1) is 0 Å². The van der Waals surface area contributed by atoms with E-state index in [-0.39, 0.29) is 0 Å². The lowest BCUT2D eigenvalue weighted by molar-refractivity contribution is 0.112. The predicted octanol–water partition coefficient (Wildman–Crippen LogP) is 3.39. The Labute approximate surface area is 98.7 Å². The molecule has 0 radical (unpaired) electrons. The molecule has 17 heavy (non-hydrogen) atoms. The van der Waals surface area contributed by atoms with Gasteiger partial charge in [0, 0.05) is 11.3 Å². The minimum absolute atomic E-state index is 0.715. The van der Waals surface area contributed by atoms with Crippen LogP contribution in [0.4, 0.5) is 5.69 Å². The summed E-state index contributed by atoms with van der Waals surface area (Å²) in [6, 6.07) is 15.6. The third-order valence-corrected chi connectivity index (χ3v) is 3.02. The average Bonchev–Trinajstić information content (AvgIpc) is 2.35. The van der Waals surface area contributed by atoms with Crippen molar-refractivity contribution in [3.8, 4) is 0 Å². The highest BCUT2D eigenvalue weighted by Crippen LogP contribution is 2.26. The summed E-state index contributed by atoms with van der Waals surface area (Å²) in [5.74, 6) is 0. The van der Waals surface area contributed by atoms with Crippen LogP contribution in [-0.2, 0) is 0 Å². The third kappa shape index (κ3) is 1.54. The Balaban J connectivity index is 2.48. The van der Waals surface area contributed by atoms with Gasteiger partial charge < -0.3 is 5.73 Å². The van der Waals surface area contributed by atoms with Gasteiger partial charge in [0.2, 0.25) is 0 Å². The first-order valence-corrected chi connectivity index (χ1v) is 5.45. The Kier molecular flexibility index (Phi) is 2.08. The fourth-order valence-electron chi connectivity index (χ4n) is 2.17. The zero-order chi connectivity index (χ0) is 11.8. The van der Waals surface area contributed by atoms with Gasteiger partial charge >= 0.3 is 0 Å². The number of aldehydes is 1. The minimum Gasteiger partial charge on any atom is -0.399 e. The van der Waals surface area contributed by atoms with Crippen molar-refractivity contribution in [3.63, 3.8) is 0 Å². The summed E-state index contributed by atoms with van der Waals surface area (Å²) in [6.45, 7) is 0. The Bertz CT molecular complexity index is 731. The number of hydrogen-bond donors (Lipinski definition) is 1. The number of carbonyl (C=O) groups excluding carboxylic acids is 1. The summed E-state index contributed by atoms with van der Waals surface area (Å²) in [6.07, 6.45) is 0.889. The highest BCUT2D eigenvalue weighted by Gasteiger charge is 2.02. The van der Waals surface area contributed by atoms with Crippen molar-refractivity contribution in [3.05, 3.63) is 54.1 Å². The van der Waals surface area contributed by atoms with Gasteiger partial charge in [-0.3, -0.25) is 4.79 Å². The highest BCUT2D eigenvalue weighted by atomic mass is 16.1. The molecule has 0 atom stereocenters. The van der Waals surface area contributed by atoms with Crippen molar-refractivity contribution in [2.75, 3.05) is 5.73 Å². The first-order chi connectivity index (χ1) is 8.28. The molecule has 2 heteroatoms. The zero-order valence-electron chi connectivity index (χ0n) is 9.18. The van der Waals surface area contributed by atoms with Crippen LogP contribution in [0.1, 0.15) is 10.4 Å². The first kappa shape index (κ1) is 9.85. The van der Waals surface area contributed by atoms with Crippen LogP contribution < -0.4 is 5.73 Å². The summed E-state index contributed by atoms with van der Waals surface area (Å²) >= 11 is 0. The van der Waals surface area contributed by atoms with Crippen molar-refractivity contribution >= 4 is 33.5 Å². The van der Waals surface area contributed by atoms with E-state index in [0.717, 1.165) is 33.5 Å². The van der Waals surface area contributed by atoms with Crippen molar-refractivity contribution in [1.82, 2.24) is 0 Å². The van der Waals surface area contributed by atoms with Gasteiger partial charge in [0.15, 0.2) is 6.29 Å². The normalized spacial score (nSPS) is 10.8. The van der Waals surface area contributed by atoms with Gasteiger partial charge in [0.25, 0.3) is 0 Å². The maximum absolute atomic E-state index is 11.0. The van der Waals surface area contributed by atoms with E-state index in [1.807, 2.05) is 42.5 Å². The Hall–Kier alpha value is -2.35. The van der Waals surface area contributed by atoms with Gasteiger partial charge in [-0.2, -0.15) is 0 Å². The average molecular weight is 221 g/mol. The predicted molar refractivity (Wildman–Crippen MR) is 71.3 cm³/mol. The Morgan fingerprint density at radius 1 is 0.882 bits per heavy atom. The van der Waals surface area contributed by atoms with Crippen LogP contribution in [0, 0.1) is 0 Å². The zero-order valence-corrected chi connectivity index (χ0v) is 9.18. The number of carbonyl (C=O) groups is 1. The topological polar surface area (TPSA) is 43.1 Å². The van der Waals surface area contributed by atoms with Crippen LogP contribution in [0.2, 0.25) is 0 Å². The maximum Gasteiger partial charge on any atom is 0.150 e. The number of fused-ring (bicyclic) bond motifs is 2. The number of nitrogen functional groups attached to an aromatic ring is 1. The van der Waals surface area contributed by atoms with Crippen molar-refractivity contribution in [1.29, 1.82) is 0 Å². The molecule has 0 heterocycles. The summed E-state index contributed by atoms with van der Waals surface area (Å²) in [4.78, 5) is 11.0. The Morgan fingerprint density at radius 2 is 1.76 bits per heavy atom. The third-order valence-electron chi connectivity index (χ3n) is 3.02. The second-order valence-corrected chi connectivity index (χ2v) is 4.15. The minimum atomic E-state index is 0.715. The smallest absolute Gasteiger partial charge is 0.150 e. The molecule has 2 nitrogen and oxygen atoms in total. The number of rotatable bonds is 1. The van der Waals surface area contributed by atoms with Crippen LogP contribution in [0.25, 0.3) is 21.5 Å². The first-order valence-electron chi connectivity index (χ1n) is 5.45. The Morgan fingerprint density at radius 3 is 2.59 bits per heavy atom. The molecule has 3 aromatic carbocycles. The molecule has 0 aliphatic carbocycles. The molecule has 0 saturated heterocycles. The highest BCUT2D eigenvalue weighted by molar-refractivity contribution is 6.05. The largest absolute Gasteiger partial charge is 0.399 e. The number of hydrogen-bond acceptors (Lipinski definition) is 2. The van der Waals surface area contributed by atoms with Crippen LogP contribution in [0.5, 0.6) is 0 Å². The molecule has 0 spiro atoms. The number of anilines is 1. The van der Waals surface area contributed by atoms with Crippen molar-refractivity contribution in [2.45, 2.75) is 0 Å². The molecule has 2 N–H and O–H groups in total. The van der Waals surface area contributed by atoms with Gasteiger partial charge in [-0.05, 0) is 45.8 Å². The van der Waals surface area contributed by atoms with E-state index < -0.39 is 0 Å². The summed E-state index contributed by atoms with van der Waals surface area (Å²) in [5, 5.41) is 4.24. The monoisotopic (exact) mass is 221 g/mol. The van der Waals surface area contributed by atoms with Crippen LogP contribution in [0.15, 0.2) is 48.5 Å². The number of nitrogens with two attached hydrogens (primary N) is 1. The maximum atomic E-state index is 11.0. The van der Waals surface area contributed by atoms with E-state index >= 15 is 0 Å². The number of benzene rings is 3. The van der Waals surface area contributed by atoms with Crippen LogP contribution in [-0.4, -0.2) is 6.29 Å². The van der Waals surface area contributed by atoms with E-state index in [2.05, 4.69) is 6.07 Å². The molecule has 0 fully saturated rings. The van der Waals surface area contributed by atoms with Crippen LogP contribution in [0.3, 0.4) is 0 Å². The lowest BCUT2D eigenvalue weighted by atomic mass is 10.00. The molecule has 0 aromatic heterocycles. The van der Waals surface area contributed by atoms with Gasteiger partial charge in [-0.15, -0.1) is 0 Å². The second-order valence-electron chi connectivity index (χ2n) is 4.15. The van der Waals surface area contributed by atoms with Gasteiger partial charge in [-0.25, -0.2) is 0 Å². The van der Waals surface area contributed by atoms with E-state index in [9.17, 15) is 4.79 Å². The lowest BCUT2D eigenvalue weighted by Gasteiger charge is -2.05. The van der Waals surface area contributed by atoms with Gasteiger partial charge in [-0.1, -0.05) is 24.3 Å². The summed E-state index contributed by atoms with van der Waals surface area (Å²) < 4.78 is 0. The molecule has 0 amide bonds. The molecule has 0 aliphatic heterocycles. The van der Waals surface area contributed by atoms with Gasteiger partial charge in [0.1, 0.15) is 0 Å². The molecule has 0 unspecified atom stereocenters. The lowest BCUT2D eigenvalue weighted by Crippen LogP contribution is -1.86. The molecular weight excluding hydrogens is 210 g/mol. The molecule has 0 bridgehead atoms. The van der Waals surface area contributed by atoms with E-state index in [0.29, 0.717) is 5.56 Å². The molecule has 3 rings (SSSR count). The van der Waals surface area contributed by atoms with E-state index in [1.165, 1.54) is 0 Å². The standard InChI is InChI=1S/C15H11NO/c16-14-5-4-10-6-11-2-1-3-12(9-17)15(11)8-13(10)7-14/h1-9H,16H2. The quantitative estimate of drug-likeness (QED) is 0.389. The van der Waals surface area contributed by atoms with Crippen molar-refractivity contribution in [2.24, 2.45) is 0 Å². The van der Waals surface area contributed by atoms with E-state index in [1.54, 1.807) is 0 Å². The summed E-state index contributed by atoms with van der Waals surface area (Å²) in [5.41, 5.74) is 7.22. The van der Waals surface area contributed by atoms with E-state index in [4.69, 9.17) is 5.73 Å². The van der Waals surface area contributed by atoms with Crippen LogP contribution >= 0.6 is 0 Å². The summed E-state index contributed by atoms with van der Waals surface area (Å²) in [7, 11) is 0. The molecular formula is C15H11NO.